The molecule has 152 valence electrons. The Labute approximate surface area is 171 Å². The zero-order chi connectivity index (χ0) is 20.5. The molecule has 0 aliphatic carbocycles. The van der Waals surface area contributed by atoms with Crippen molar-refractivity contribution in [1.29, 1.82) is 0 Å². The fraction of sp³-hybridized carbons (Fsp3) is 0.318. The Hall–Kier alpha value is -3.35. The lowest BCUT2D eigenvalue weighted by molar-refractivity contribution is 0.222. The van der Waals surface area contributed by atoms with Gasteiger partial charge in [0.25, 0.3) is 0 Å². The Bertz CT molecular complexity index is 923. The molecule has 3 rings (SSSR count). The van der Waals surface area contributed by atoms with Gasteiger partial charge in [0.1, 0.15) is 11.9 Å². The number of aromatic nitrogens is 3. The molecule has 0 spiro atoms. The lowest BCUT2D eigenvalue weighted by atomic mass is 10.2. The second kappa shape index (κ2) is 10.3. The van der Waals surface area contributed by atoms with Crippen molar-refractivity contribution in [3.8, 4) is 11.6 Å². The van der Waals surface area contributed by atoms with Gasteiger partial charge in [0.2, 0.25) is 0 Å². The van der Waals surface area contributed by atoms with Gasteiger partial charge < -0.3 is 15.4 Å². The molecular weight excluding hydrogens is 364 g/mol. The van der Waals surface area contributed by atoms with Crippen LogP contribution in [0.1, 0.15) is 25.0 Å². The highest BCUT2D eigenvalue weighted by molar-refractivity contribution is 5.79. The molecule has 3 aromatic rings. The molecular formula is C22H28N6O. The highest BCUT2D eigenvalue weighted by atomic mass is 16.5. The molecule has 0 aliphatic rings. The van der Waals surface area contributed by atoms with E-state index in [4.69, 9.17) is 4.74 Å². The predicted octanol–water partition coefficient (Wildman–Crippen LogP) is 3.10. The van der Waals surface area contributed by atoms with E-state index in [2.05, 4.69) is 25.7 Å². The SMILES string of the molecule is CCNC(=NCc1ccnc(-n2cccn2)c1)NCC(C)Oc1ccccc1C. The second-order valence-electron chi connectivity index (χ2n) is 6.74. The highest BCUT2D eigenvalue weighted by Crippen LogP contribution is 2.17. The molecule has 2 N–H and O–H groups in total. The van der Waals surface area contributed by atoms with Crippen molar-refractivity contribution in [1.82, 2.24) is 25.4 Å². The minimum atomic E-state index is 0.00676. The van der Waals surface area contributed by atoms with Crippen molar-refractivity contribution in [2.24, 2.45) is 4.99 Å². The van der Waals surface area contributed by atoms with E-state index in [-0.39, 0.29) is 6.10 Å². The first-order valence-electron chi connectivity index (χ1n) is 9.85. The smallest absolute Gasteiger partial charge is 0.191 e. The Morgan fingerprint density at radius 1 is 1.17 bits per heavy atom. The number of para-hydroxylation sites is 1. The van der Waals surface area contributed by atoms with Crippen LogP contribution in [0, 0.1) is 6.92 Å². The van der Waals surface area contributed by atoms with Crippen LogP contribution in [0.2, 0.25) is 0 Å². The number of rotatable bonds is 8. The first-order valence-corrected chi connectivity index (χ1v) is 9.85. The van der Waals surface area contributed by atoms with E-state index in [1.807, 2.05) is 69.4 Å². The summed E-state index contributed by atoms with van der Waals surface area (Å²) in [7, 11) is 0. The number of guanidine groups is 1. The quantitative estimate of drug-likeness (QED) is 0.455. The van der Waals surface area contributed by atoms with Gasteiger partial charge in [-0.15, -0.1) is 0 Å². The second-order valence-corrected chi connectivity index (χ2v) is 6.74. The highest BCUT2D eigenvalue weighted by Gasteiger charge is 2.07. The molecule has 7 heteroatoms. The molecule has 0 radical (unpaired) electrons. The summed E-state index contributed by atoms with van der Waals surface area (Å²) < 4.78 is 7.77. The van der Waals surface area contributed by atoms with Crippen molar-refractivity contribution in [2.75, 3.05) is 13.1 Å². The van der Waals surface area contributed by atoms with Gasteiger partial charge >= 0.3 is 0 Å². The monoisotopic (exact) mass is 392 g/mol. The van der Waals surface area contributed by atoms with E-state index in [1.54, 1.807) is 17.1 Å². The van der Waals surface area contributed by atoms with E-state index >= 15 is 0 Å². The molecule has 0 saturated carbocycles. The van der Waals surface area contributed by atoms with Crippen molar-refractivity contribution in [3.63, 3.8) is 0 Å². The fourth-order valence-corrected chi connectivity index (χ4v) is 2.79. The molecule has 0 aliphatic heterocycles. The summed E-state index contributed by atoms with van der Waals surface area (Å²) in [4.78, 5) is 9.04. The number of ether oxygens (including phenoxy) is 1. The standard InChI is InChI=1S/C22H28N6O/c1-4-23-22(25-15-18(3)29-20-9-6-5-8-17(20)2)26-16-19-10-12-24-21(14-19)28-13-7-11-27-28/h5-14,18H,4,15-16H2,1-3H3,(H2,23,25,26). The maximum absolute atomic E-state index is 6.03. The molecule has 0 amide bonds. The normalized spacial score (nSPS) is 12.4. The number of aryl methyl sites for hydroxylation is 1. The largest absolute Gasteiger partial charge is 0.489 e. The summed E-state index contributed by atoms with van der Waals surface area (Å²) in [5.41, 5.74) is 2.19. The predicted molar refractivity (Wildman–Crippen MR) is 115 cm³/mol. The van der Waals surface area contributed by atoms with Crippen LogP contribution in [0.15, 0.2) is 66.0 Å². The zero-order valence-corrected chi connectivity index (χ0v) is 17.2. The lowest BCUT2D eigenvalue weighted by Gasteiger charge is -2.18. The molecule has 1 atom stereocenters. The fourth-order valence-electron chi connectivity index (χ4n) is 2.79. The number of hydrogen-bond donors (Lipinski definition) is 2. The van der Waals surface area contributed by atoms with Gasteiger partial charge in [-0.25, -0.2) is 14.7 Å². The van der Waals surface area contributed by atoms with Gasteiger partial charge in [-0.05, 0) is 56.2 Å². The van der Waals surface area contributed by atoms with Crippen molar-refractivity contribution in [3.05, 3.63) is 72.2 Å². The van der Waals surface area contributed by atoms with Gasteiger partial charge in [0, 0.05) is 25.1 Å². The average molecular weight is 393 g/mol. The Kier molecular flexibility index (Phi) is 7.22. The first kappa shape index (κ1) is 20.4. The molecule has 0 saturated heterocycles. The molecule has 1 aromatic carbocycles. The van der Waals surface area contributed by atoms with Crippen LogP contribution in [0.4, 0.5) is 0 Å². The molecule has 0 bridgehead atoms. The van der Waals surface area contributed by atoms with E-state index in [1.165, 1.54) is 0 Å². The Morgan fingerprint density at radius 3 is 2.79 bits per heavy atom. The van der Waals surface area contributed by atoms with E-state index in [9.17, 15) is 0 Å². The first-order chi connectivity index (χ1) is 14.2. The topological polar surface area (TPSA) is 76.4 Å². The summed E-state index contributed by atoms with van der Waals surface area (Å²) in [6, 6.07) is 13.9. The van der Waals surface area contributed by atoms with E-state index < -0.39 is 0 Å². The van der Waals surface area contributed by atoms with Gasteiger partial charge in [0.15, 0.2) is 11.8 Å². The van der Waals surface area contributed by atoms with Gasteiger partial charge in [-0.1, -0.05) is 18.2 Å². The third kappa shape index (κ3) is 6.07. The number of benzene rings is 1. The summed E-state index contributed by atoms with van der Waals surface area (Å²) in [5, 5.41) is 10.9. The van der Waals surface area contributed by atoms with E-state index in [0.29, 0.717) is 13.1 Å². The van der Waals surface area contributed by atoms with Crippen molar-refractivity contribution in [2.45, 2.75) is 33.4 Å². The minimum Gasteiger partial charge on any atom is -0.489 e. The molecule has 29 heavy (non-hydrogen) atoms. The maximum atomic E-state index is 6.03. The summed E-state index contributed by atoms with van der Waals surface area (Å²) in [5.74, 6) is 2.44. The van der Waals surface area contributed by atoms with Crippen LogP contribution in [-0.2, 0) is 6.54 Å². The number of nitrogens with zero attached hydrogens (tertiary/aromatic N) is 4. The van der Waals surface area contributed by atoms with Crippen LogP contribution in [-0.4, -0.2) is 39.9 Å². The summed E-state index contributed by atoms with van der Waals surface area (Å²) >= 11 is 0. The third-order valence-electron chi connectivity index (χ3n) is 4.29. The Balaban J connectivity index is 1.58. The number of nitrogens with one attached hydrogen (secondary N) is 2. The van der Waals surface area contributed by atoms with Crippen molar-refractivity contribution >= 4 is 5.96 Å². The van der Waals surface area contributed by atoms with Gasteiger partial charge in [-0.2, -0.15) is 5.10 Å². The maximum Gasteiger partial charge on any atom is 0.191 e. The van der Waals surface area contributed by atoms with Crippen LogP contribution in [0.25, 0.3) is 5.82 Å². The van der Waals surface area contributed by atoms with E-state index in [0.717, 1.165) is 35.2 Å². The number of aliphatic imine (C=N–C) groups is 1. The molecule has 1 unspecified atom stereocenters. The Morgan fingerprint density at radius 2 is 2.03 bits per heavy atom. The summed E-state index contributed by atoms with van der Waals surface area (Å²) in [6.45, 7) is 8.12. The zero-order valence-electron chi connectivity index (χ0n) is 17.2. The number of pyridine rings is 1. The lowest BCUT2D eigenvalue weighted by Crippen LogP contribution is -2.41. The van der Waals surface area contributed by atoms with Crippen molar-refractivity contribution < 1.29 is 4.74 Å². The average Bonchev–Trinajstić information content (AvgIpc) is 3.27. The van der Waals surface area contributed by atoms with Crippen LogP contribution < -0.4 is 15.4 Å². The summed E-state index contributed by atoms with van der Waals surface area (Å²) in [6.07, 6.45) is 5.39. The molecule has 2 heterocycles. The molecule has 0 fully saturated rings. The minimum absolute atomic E-state index is 0.00676. The van der Waals surface area contributed by atoms with Crippen LogP contribution in [0.3, 0.4) is 0 Å². The number of hydrogen-bond acceptors (Lipinski definition) is 4. The third-order valence-corrected chi connectivity index (χ3v) is 4.29. The van der Waals surface area contributed by atoms with Crippen LogP contribution in [0.5, 0.6) is 5.75 Å². The van der Waals surface area contributed by atoms with Crippen LogP contribution >= 0.6 is 0 Å². The van der Waals surface area contributed by atoms with Gasteiger partial charge in [-0.3, -0.25) is 0 Å². The molecule has 7 nitrogen and oxygen atoms in total. The van der Waals surface area contributed by atoms with Gasteiger partial charge in [0.05, 0.1) is 13.1 Å². The molecule has 2 aromatic heterocycles.